The molecule has 116 valence electrons. The first-order chi connectivity index (χ1) is 9.78. The number of rotatable bonds is 4. The van der Waals surface area contributed by atoms with Crippen LogP contribution in [0.15, 0.2) is 23.3 Å². The van der Waals surface area contributed by atoms with Crippen LogP contribution in [0.25, 0.3) is 0 Å². The van der Waals surface area contributed by atoms with E-state index in [4.69, 9.17) is 4.12 Å². The monoisotopic (exact) mass is 318 g/mol. The maximum atomic E-state index is 7.25. The van der Waals surface area contributed by atoms with Gasteiger partial charge < -0.3 is 4.12 Å². The summed E-state index contributed by atoms with van der Waals surface area (Å²) in [4.78, 5) is 0. The fourth-order valence-electron chi connectivity index (χ4n) is 5.77. The summed E-state index contributed by atoms with van der Waals surface area (Å²) in [6.45, 7) is 10.2. The van der Waals surface area contributed by atoms with Gasteiger partial charge in [-0.3, -0.25) is 0 Å². The van der Waals surface area contributed by atoms with Gasteiger partial charge in [-0.15, -0.1) is 0 Å². The predicted molar refractivity (Wildman–Crippen MR) is 94.5 cm³/mol. The van der Waals surface area contributed by atoms with Crippen molar-refractivity contribution in [3.63, 3.8) is 0 Å². The number of fused-ring (bicyclic) bond motifs is 4. The van der Waals surface area contributed by atoms with Gasteiger partial charge in [-0.2, -0.15) is 0 Å². The molecule has 4 aliphatic carbocycles. The van der Waals surface area contributed by atoms with Gasteiger partial charge in [-0.1, -0.05) is 23.3 Å². The van der Waals surface area contributed by atoms with E-state index in [1.807, 2.05) is 0 Å². The van der Waals surface area contributed by atoms with Crippen molar-refractivity contribution in [1.82, 2.24) is 0 Å². The third-order valence-electron chi connectivity index (χ3n) is 7.61. The summed E-state index contributed by atoms with van der Waals surface area (Å²) in [7, 11) is -3.28. The quantitative estimate of drug-likeness (QED) is 0.461. The van der Waals surface area contributed by atoms with E-state index in [-0.39, 0.29) is 0 Å². The highest BCUT2D eigenvalue weighted by Gasteiger charge is 2.59. The van der Waals surface area contributed by atoms with Crippen LogP contribution in [0.5, 0.6) is 0 Å². The second-order valence-corrected chi connectivity index (χ2v) is 18.1. The highest BCUT2D eigenvalue weighted by atomic mass is 28.4. The van der Waals surface area contributed by atoms with Gasteiger partial charge in [0, 0.05) is 0 Å². The highest BCUT2D eigenvalue weighted by Crippen LogP contribution is 2.66. The largest absolute Gasteiger partial charge is 0.455 e. The first-order valence-electron chi connectivity index (χ1n) is 8.84. The maximum absolute atomic E-state index is 7.25. The van der Waals surface area contributed by atoms with E-state index in [1.54, 1.807) is 11.1 Å². The third-order valence-corrected chi connectivity index (χ3v) is 18.1. The van der Waals surface area contributed by atoms with Crippen LogP contribution in [0.2, 0.25) is 36.3 Å². The average Bonchev–Trinajstić information content (AvgIpc) is 3.18. The molecule has 3 heteroatoms. The third kappa shape index (κ3) is 1.90. The van der Waals surface area contributed by atoms with Crippen molar-refractivity contribution in [2.75, 3.05) is 0 Å². The molecular weight excluding hydrogens is 288 g/mol. The fraction of sp³-hybridized carbons (Fsp3) is 0.778. The molecule has 2 unspecified atom stereocenters. The summed E-state index contributed by atoms with van der Waals surface area (Å²) in [6.07, 6.45) is 16.0. The minimum atomic E-state index is -1.64. The number of hydrogen-bond donors (Lipinski definition) is 0. The van der Waals surface area contributed by atoms with Crippen LogP contribution in [0.3, 0.4) is 0 Å². The molecule has 0 heterocycles. The molecule has 0 spiro atoms. The fourth-order valence-corrected chi connectivity index (χ4v) is 16.6. The van der Waals surface area contributed by atoms with Gasteiger partial charge in [-0.25, -0.2) is 0 Å². The minimum absolute atomic E-state index is 0.552. The van der Waals surface area contributed by atoms with Crippen LogP contribution in [-0.4, -0.2) is 16.6 Å². The van der Waals surface area contributed by atoms with Crippen LogP contribution >= 0.6 is 0 Å². The molecule has 4 bridgehead atoms. The standard InChI is InChI=1S/C18H30OSi2/c1-20(2,17-9-5-15(13-17)6-10-17)19-21(3,4)18-11-7-16(14-18)8-12-18/h5,7H,6,8-14H2,1-4H3. The van der Waals surface area contributed by atoms with E-state index in [9.17, 15) is 0 Å². The molecule has 21 heavy (non-hydrogen) atoms. The lowest BCUT2D eigenvalue weighted by Gasteiger charge is -2.50. The Labute approximate surface area is 132 Å². The molecule has 4 aliphatic rings. The molecule has 0 aromatic carbocycles. The molecule has 1 nitrogen and oxygen atoms in total. The maximum Gasteiger partial charge on any atom is 0.180 e. The van der Waals surface area contributed by atoms with E-state index in [1.165, 1.54) is 51.4 Å². The normalized spacial score (nSPS) is 38.1. The van der Waals surface area contributed by atoms with Crippen LogP contribution in [0.1, 0.15) is 51.4 Å². The molecule has 0 amide bonds. The second-order valence-electron chi connectivity index (χ2n) is 9.17. The highest BCUT2D eigenvalue weighted by molar-refractivity contribution is 6.88. The van der Waals surface area contributed by atoms with Crippen molar-refractivity contribution >= 4 is 16.6 Å². The Morgan fingerprint density at radius 2 is 1.24 bits per heavy atom. The molecule has 0 aromatic rings. The molecule has 0 N–H and O–H groups in total. The van der Waals surface area contributed by atoms with Gasteiger partial charge in [0.05, 0.1) is 0 Å². The lowest BCUT2D eigenvalue weighted by Crippen LogP contribution is -2.56. The number of hydrogen-bond acceptors (Lipinski definition) is 1. The second kappa shape index (κ2) is 4.24. The van der Waals surface area contributed by atoms with Crippen molar-refractivity contribution in [3.8, 4) is 0 Å². The molecular formula is C18H30OSi2. The SMILES string of the molecule is C[Si](C)(O[Si](C)(C)C12CC=C(CC1)C2)C12CC=C(CC1)C2. The van der Waals surface area contributed by atoms with Crippen molar-refractivity contribution in [2.24, 2.45) is 0 Å². The van der Waals surface area contributed by atoms with Gasteiger partial charge in [-0.05, 0) is 87.6 Å². The average molecular weight is 319 g/mol. The van der Waals surface area contributed by atoms with Crippen molar-refractivity contribution < 1.29 is 4.12 Å². The lowest BCUT2D eigenvalue weighted by molar-refractivity contribution is 0.401. The van der Waals surface area contributed by atoms with Crippen molar-refractivity contribution in [3.05, 3.63) is 23.3 Å². The summed E-state index contributed by atoms with van der Waals surface area (Å²) in [5.41, 5.74) is 3.48. The summed E-state index contributed by atoms with van der Waals surface area (Å²) >= 11 is 0. The zero-order chi connectivity index (χ0) is 14.9. The molecule has 2 fully saturated rings. The first kappa shape index (κ1) is 14.5. The van der Waals surface area contributed by atoms with E-state index >= 15 is 0 Å². The van der Waals surface area contributed by atoms with Gasteiger partial charge >= 0.3 is 0 Å². The topological polar surface area (TPSA) is 9.23 Å². The van der Waals surface area contributed by atoms with Crippen LogP contribution in [0, 0.1) is 0 Å². The van der Waals surface area contributed by atoms with Crippen molar-refractivity contribution in [1.29, 1.82) is 0 Å². The molecule has 4 rings (SSSR count). The van der Waals surface area contributed by atoms with Crippen molar-refractivity contribution in [2.45, 2.75) is 87.6 Å². The van der Waals surface area contributed by atoms with E-state index in [0.29, 0.717) is 10.1 Å². The zero-order valence-electron chi connectivity index (χ0n) is 14.2. The summed E-state index contributed by atoms with van der Waals surface area (Å²) in [5.74, 6) is 0. The summed E-state index contributed by atoms with van der Waals surface area (Å²) in [6, 6.07) is 0. The predicted octanol–water partition coefficient (Wildman–Crippen LogP) is 5.92. The Morgan fingerprint density at radius 3 is 1.48 bits per heavy atom. The minimum Gasteiger partial charge on any atom is -0.455 e. The van der Waals surface area contributed by atoms with E-state index in [0.717, 1.165) is 0 Å². The smallest absolute Gasteiger partial charge is 0.180 e. The first-order valence-corrected chi connectivity index (χ1v) is 14.7. The molecule has 0 aliphatic heterocycles. The van der Waals surface area contributed by atoms with Gasteiger partial charge in [0.2, 0.25) is 0 Å². The molecule has 0 saturated heterocycles. The van der Waals surface area contributed by atoms with Gasteiger partial charge in [0.1, 0.15) is 0 Å². The summed E-state index contributed by atoms with van der Waals surface area (Å²) < 4.78 is 7.25. The molecule has 0 aromatic heterocycles. The van der Waals surface area contributed by atoms with Gasteiger partial charge in [0.25, 0.3) is 0 Å². The molecule has 0 radical (unpaired) electrons. The van der Waals surface area contributed by atoms with Crippen LogP contribution < -0.4 is 0 Å². The Balaban J connectivity index is 1.57. The van der Waals surface area contributed by atoms with Gasteiger partial charge in [0.15, 0.2) is 16.6 Å². The molecule has 2 atom stereocenters. The zero-order valence-corrected chi connectivity index (χ0v) is 16.2. The Kier molecular flexibility index (Phi) is 2.92. The van der Waals surface area contributed by atoms with E-state index in [2.05, 4.69) is 38.3 Å². The Morgan fingerprint density at radius 1 is 0.810 bits per heavy atom. The van der Waals surface area contributed by atoms with Crippen LogP contribution in [-0.2, 0) is 4.12 Å². The number of allylic oxidation sites excluding steroid dienone is 4. The Bertz CT molecular complexity index is 497. The van der Waals surface area contributed by atoms with Crippen LogP contribution in [0.4, 0.5) is 0 Å². The molecule has 2 saturated carbocycles. The van der Waals surface area contributed by atoms with E-state index < -0.39 is 16.6 Å². The lowest BCUT2D eigenvalue weighted by atomic mass is 10.0. The summed E-state index contributed by atoms with van der Waals surface area (Å²) in [5, 5.41) is 1.10. The Hall–Kier alpha value is -0.126.